The molecule has 0 aliphatic heterocycles. The fraction of sp³-hybridized carbons (Fsp3) is 0.238. The number of aliphatic carboxylic acids is 1. The highest BCUT2D eigenvalue weighted by molar-refractivity contribution is 5.78. The van der Waals surface area contributed by atoms with Crippen LogP contribution >= 0.6 is 0 Å². The van der Waals surface area contributed by atoms with Gasteiger partial charge in [-0.25, -0.2) is 0 Å². The van der Waals surface area contributed by atoms with Crippen molar-refractivity contribution in [1.82, 2.24) is 4.98 Å². The lowest BCUT2D eigenvalue weighted by Gasteiger charge is -2.07. The van der Waals surface area contributed by atoms with Crippen LogP contribution in [0.1, 0.15) is 23.7 Å². The average Bonchev–Trinajstić information content (AvgIpc) is 2.62. The minimum absolute atomic E-state index is 0.392. The zero-order valence-corrected chi connectivity index (χ0v) is 14.6. The number of nitrogens with two attached hydrogens (primary N) is 1. The summed E-state index contributed by atoms with van der Waals surface area (Å²) in [5, 5.41) is 9.85. The Morgan fingerprint density at radius 2 is 1.80 bits per heavy atom. The molecule has 0 bridgehead atoms. The molecule has 0 aliphatic carbocycles. The second-order valence-corrected chi connectivity index (χ2v) is 5.97. The Labute approximate surface area is 148 Å². The second kappa shape index (κ2) is 8.94. The highest BCUT2D eigenvalue weighted by atomic mass is 16.4. The number of fused-ring (bicyclic) bond motifs is 1. The lowest BCUT2D eigenvalue weighted by molar-refractivity contribution is -0.138. The third-order valence-electron chi connectivity index (χ3n) is 3.91. The Bertz CT molecular complexity index is 846. The largest absolute Gasteiger partial charge is 0.480 e. The maximum Gasteiger partial charge on any atom is 0.320 e. The van der Waals surface area contributed by atoms with E-state index in [4.69, 9.17) is 10.8 Å². The quantitative estimate of drug-likeness (QED) is 0.761. The molecule has 0 fully saturated rings. The number of nitrogens with zero attached hydrogens (tertiary/aromatic N) is 1. The number of hydrogen-bond acceptors (Lipinski definition) is 3. The van der Waals surface area contributed by atoms with E-state index >= 15 is 0 Å². The number of carboxylic acids is 1. The summed E-state index contributed by atoms with van der Waals surface area (Å²) < 4.78 is 0. The predicted molar refractivity (Wildman–Crippen MR) is 102 cm³/mol. The van der Waals surface area contributed by atoms with Crippen LogP contribution in [0.5, 0.6) is 0 Å². The molecular weight excluding hydrogens is 312 g/mol. The van der Waals surface area contributed by atoms with Crippen molar-refractivity contribution in [3.8, 4) is 0 Å². The standard InChI is InChI=1S/C11H15NO2.C10H9N/c1-2-8-4-3-5-9(6-8)7-10(12)11(13)14;1-8-6-7-9-4-2-3-5-10(9)11-8/h3-6,10H,2,7,12H2,1H3,(H,13,14);2-7H,1H3. The first-order valence-electron chi connectivity index (χ1n) is 8.38. The molecule has 3 rings (SSSR count). The molecule has 25 heavy (non-hydrogen) atoms. The molecule has 4 heteroatoms. The van der Waals surface area contributed by atoms with Crippen LogP contribution in [0.25, 0.3) is 10.9 Å². The normalized spacial score (nSPS) is 11.5. The van der Waals surface area contributed by atoms with Crippen molar-refractivity contribution in [2.24, 2.45) is 5.73 Å². The Morgan fingerprint density at radius 3 is 2.52 bits per heavy atom. The van der Waals surface area contributed by atoms with Crippen molar-refractivity contribution < 1.29 is 9.90 Å². The number of carboxylic acid groups (broad SMARTS) is 1. The minimum Gasteiger partial charge on any atom is -0.480 e. The van der Waals surface area contributed by atoms with Gasteiger partial charge in [0.05, 0.1) is 5.52 Å². The van der Waals surface area contributed by atoms with E-state index in [1.165, 1.54) is 10.9 Å². The molecule has 0 saturated heterocycles. The topological polar surface area (TPSA) is 76.2 Å². The third-order valence-corrected chi connectivity index (χ3v) is 3.91. The Kier molecular flexibility index (Phi) is 6.66. The average molecular weight is 336 g/mol. The smallest absolute Gasteiger partial charge is 0.320 e. The van der Waals surface area contributed by atoms with Crippen LogP contribution in [-0.4, -0.2) is 22.1 Å². The molecule has 1 heterocycles. The fourth-order valence-electron chi connectivity index (χ4n) is 2.49. The fourth-order valence-corrected chi connectivity index (χ4v) is 2.49. The highest BCUT2D eigenvalue weighted by Gasteiger charge is 2.11. The van der Waals surface area contributed by atoms with Crippen LogP contribution in [0.15, 0.2) is 60.7 Å². The third kappa shape index (κ3) is 5.69. The van der Waals surface area contributed by atoms with Crippen LogP contribution in [0.3, 0.4) is 0 Å². The first kappa shape index (κ1) is 18.6. The van der Waals surface area contributed by atoms with E-state index in [-0.39, 0.29) is 0 Å². The molecule has 2 aromatic carbocycles. The molecule has 1 aromatic heterocycles. The summed E-state index contributed by atoms with van der Waals surface area (Å²) >= 11 is 0. The number of rotatable bonds is 4. The van der Waals surface area contributed by atoms with E-state index in [0.29, 0.717) is 6.42 Å². The maximum atomic E-state index is 10.5. The minimum atomic E-state index is -0.952. The van der Waals surface area contributed by atoms with Gasteiger partial charge in [-0.2, -0.15) is 0 Å². The van der Waals surface area contributed by atoms with E-state index in [1.807, 2.05) is 55.5 Å². The van der Waals surface area contributed by atoms with Crippen molar-refractivity contribution in [3.05, 3.63) is 77.5 Å². The van der Waals surface area contributed by atoms with Gasteiger partial charge in [0, 0.05) is 11.1 Å². The van der Waals surface area contributed by atoms with Gasteiger partial charge in [0.15, 0.2) is 0 Å². The van der Waals surface area contributed by atoms with Crippen molar-refractivity contribution in [2.45, 2.75) is 32.7 Å². The van der Waals surface area contributed by atoms with Gasteiger partial charge in [-0.3, -0.25) is 9.78 Å². The summed E-state index contributed by atoms with van der Waals surface area (Å²) in [6, 6.07) is 19.3. The van der Waals surface area contributed by atoms with Crippen molar-refractivity contribution in [1.29, 1.82) is 0 Å². The lowest BCUT2D eigenvalue weighted by atomic mass is 10.0. The summed E-state index contributed by atoms with van der Waals surface area (Å²) in [4.78, 5) is 14.9. The van der Waals surface area contributed by atoms with E-state index < -0.39 is 12.0 Å². The van der Waals surface area contributed by atoms with Gasteiger partial charge in [-0.15, -0.1) is 0 Å². The zero-order chi connectivity index (χ0) is 18.2. The van der Waals surface area contributed by atoms with E-state index in [2.05, 4.69) is 24.0 Å². The molecule has 4 nitrogen and oxygen atoms in total. The summed E-state index contributed by atoms with van der Waals surface area (Å²) in [5.74, 6) is -0.952. The van der Waals surface area contributed by atoms with Gasteiger partial charge >= 0.3 is 5.97 Å². The molecule has 0 radical (unpaired) electrons. The second-order valence-electron chi connectivity index (χ2n) is 5.97. The van der Waals surface area contributed by atoms with Crippen molar-refractivity contribution >= 4 is 16.9 Å². The number of aromatic nitrogens is 1. The number of benzene rings is 2. The van der Waals surface area contributed by atoms with Gasteiger partial charge in [-0.05, 0) is 43.0 Å². The van der Waals surface area contributed by atoms with Crippen LogP contribution in [0.2, 0.25) is 0 Å². The molecule has 1 atom stereocenters. The van der Waals surface area contributed by atoms with Gasteiger partial charge in [0.2, 0.25) is 0 Å². The van der Waals surface area contributed by atoms with Crippen molar-refractivity contribution in [2.75, 3.05) is 0 Å². The molecule has 3 aromatic rings. The summed E-state index contributed by atoms with van der Waals surface area (Å²) in [5.41, 5.74) is 9.78. The number of aryl methyl sites for hydroxylation is 2. The SMILES string of the molecule is CCc1cccc(CC(N)C(=O)O)c1.Cc1ccc2ccccc2n1. The first-order valence-corrected chi connectivity index (χ1v) is 8.38. The van der Waals surface area contributed by atoms with Crippen LogP contribution in [-0.2, 0) is 17.6 Å². The van der Waals surface area contributed by atoms with Gasteiger partial charge in [-0.1, -0.05) is 55.5 Å². The molecular formula is C21H24N2O2. The lowest BCUT2D eigenvalue weighted by Crippen LogP contribution is -2.32. The Balaban J connectivity index is 0.000000185. The van der Waals surface area contributed by atoms with Gasteiger partial charge < -0.3 is 10.8 Å². The molecule has 0 spiro atoms. The van der Waals surface area contributed by atoms with E-state index in [0.717, 1.165) is 23.2 Å². The summed E-state index contributed by atoms with van der Waals surface area (Å²) in [6.07, 6.45) is 1.35. The molecule has 0 amide bonds. The number of hydrogen-bond donors (Lipinski definition) is 2. The predicted octanol–water partition coefficient (Wildman–Crippen LogP) is 3.75. The van der Waals surface area contributed by atoms with E-state index in [9.17, 15) is 4.79 Å². The van der Waals surface area contributed by atoms with Gasteiger partial charge in [0.1, 0.15) is 6.04 Å². The van der Waals surface area contributed by atoms with Crippen LogP contribution in [0, 0.1) is 6.92 Å². The maximum absolute atomic E-state index is 10.5. The monoisotopic (exact) mass is 336 g/mol. The molecule has 0 aliphatic rings. The van der Waals surface area contributed by atoms with E-state index in [1.54, 1.807) is 0 Å². The Morgan fingerprint density at radius 1 is 1.08 bits per heavy atom. The molecule has 130 valence electrons. The number of para-hydroxylation sites is 1. The number of pyridine rings is 1. The molecule has 0 saturated carbocycles. The number of carbonyl (C=O) groups is 1. The molecule has 1 unspecified atom stereocenters. The van der Waals surface area contributed by atoms with Crippen LogP contribution < -0.4 is 5.73 Å². The highest BCUT2D eigenvalue weighted by Crippen LogP contribution is 2.10. The summed E-state index contributed by atoms with van der Waals surface area (Å²) in [6.45, 7) is 4.07. The first-order chi connectivity index (χ1) is 12.0. The van der Waals surface area contributed by atoms with Gasteiger partial charge in [0.25, 0.3) is 0 Å². The van der Waals surface area contributed by atoms with Crippen molar-refractivity contribution in [3.63, 3.8) is 0 Å². The Hall–Kier alpha value is -2.72. The van der Waals surface area contributed by atoms with Crippen LogP contribution in [0.4, 0.5) is 0 Å². The zero-order valence-electron chi connectivity index (χ0n) is 14.6. The summed E-state index contributed by atoms with van der Waals surface area (Å²) in [7, 11) is 0. The molecule has 3 N–H and O–H groups in total.